The number of ether oxygens (including phenoxy) is 6. The normalized spacial score (nSPS) is 25.4. The van der Waals surface area contributed by atoms with Crippen molar-refractivity contribution in [3.05, 3.63) is 24.3 Å². The van der Waals surface area contributed by atoms with Crippen LogP contribution >= 0.6 is 0 Å². The van der Waals surface area contributed by atoms with E-state index in [-0.39, 0.29) is 18.9 Å². The quantitative estimate of drug-likeness (QED) is 0.0199. The van der Waals surface area contributed by atoms with Gasteiger partial charge >= 0.3 is 0 Å². The van der Waals surface area contributed by atoms with E-state index in [0.717, 1.165) is 38.5 Å². The highest BCUT2D eigenvalue weighted by molar-refractivity contribution is 5.76. The summed E-state index contributed by atoms with van der Waals surface area (Å²) < 4.78 is 34.5. The summed E-state index contributed by atoms with van der Waals surface area (Å²) in [6.07, 6.45) is 60.7. The second-order valence-corrected chi connectivity index (χ2v) is 32.8. The molecule has 17 unspecified atom stereocenters. The number of carbonyl (C=O) groups is 1. The zero-order chi connectivity index (χ0) is 78.1. The molecule has 3 heterocycles. The summed E-state index contributed by atoms with van der Waals surface area (Å²) >= 11 is 0. The lowest BCUT2D eigenvalue weighted by molar-refractivity contribution is -0.379. The highest BCUT2D eigenvalue weighted by Crippen LogP contribution is 2.34. The van der Waals surface area contributed by atoms with Gasteiger partial charge in [0.05, 0.1) is 38.6 Å². The van der Waals surface area contributed by atoms with E-state index in [1.54, 1.807) is 6.08 Å². The third-order valence-corrected chi connectivity index (χ3v) is 23.0. The fourth-order valence-electron chi connectivity index (χ4n) is 15.7. The van der Waals surface area contributed by atoms with Gasteiger partial charge in [0.15, 0.2) is 18.9 Å². The van der Waals surface area contributed by atoms with E-state index in [1.165, 1.54) is 334 Å². The lowest BCUT2D eigenvalue weighted by atomic mass is 9.96. The molecule has 12 N–H and O–H groups in total. The van der Waals surface area contributed by atoms with Crippen molar-refractivity contribution in [3.63, 3.8) is 0 Å². The lowest BCUT2D eigenvalue weighted by Crippen LogP contribution is -2.66. The number of amides is 1. The molecule has 0 aliphatic carbocycles. The molecule has 0 bridgehead atoms. The number of nitrogens with one attached hydrogen (secondary N) is 1. The number of rotatable bonds is 75. The van der Waals surface area contributed by atoms with Gasteiger partial charge in [-0.25, -0.2) is 0 Å². The Hall–Kier alpha value is -1.73. The summed E-state index contributed by atoms with van der Waals surface area (Å²) in [4.78, 5) is 13.5. The first kappa shape index (κ1) is 100. The van der Waals surface area contributed by atoms with E-state index in [1.807, 2.05) is 6.08 Å². The van der Waals surface area contributed by atoms with Gasteiger partial charge in [-0.1, -0.05) is 391 Å². The monoisotopic (exact) mass is 1540 g/mol. The Balaban J connectivity index is 1.31. The largest absolute Gasteiger partial charge is 0.394 e. The molecule has 0 radical (unpaired) electrons. The van der Waals surface area contributed by atoms with Gasteiger partial charge < -0.3 is 89.9 Å². The van der Waals surface area contributed by atoms with Gasteiger partial charge in [0, 0.05) is 6.42 Å². The van der Waals surface area contributed by atoms with Crippen LogP contribution in [0, 0.1) is 0 Å². The van der Waals surface area contributed by atoms with Crippen LogP contribution in [-0.2, 0) is 33.2 Å². The third kappa shape index (κ3) is 48.0. The highest BCUT2D eigenvalue weighted by Gasteiger charge is 2.54. The van der Waals surface area contributed by atoms with Crippen molar-refractivity contribution in [3.8, 4) is 0 Å². The maximum atomic E-state index is 13.5. The van der Waals surface area contributed by atoms with Crippen molar-refractivity contribution >= 4 is 5.91 Å². The van der Waals surface area contributed by atoms with Crippen molar-refractivity contribution in [1.82, 2.24) is 5.32 Å². The standard InChI is InChI=1S/C89H169NO18/c1-3-5-7-9-11-13-15-17-19-21-23-25-27-29-30-31-32-33-34-35-36-37-38-39-40-41-43-45-47-49-51-53-55-57-59-61-63-65-67-77(95)90-72(73(94)66-64-62-60-58-56-54-52-50-48-46-44-42-28-26-24-22-20-18-16-14-12-10-8-6-4-2)71-103-87-83(101)80(98)85(75(69-92)105-87)108-89-84(102)81(99)86(76(70-93)106-89)107-88-82(100)79(97)78(96)74(68-91)104-88/h56,58,64,66,72-76,78-89,91-94,96-102H,3-55,57,59-63,65,67-71H2,1-2H3,(H,90,95)/b58-56+,66-64+. The van der Waals surface area contributed by atoms with E-state index < -0.39 is 124 Å². The topological polar surface area (TPSA) is 307 Å². The van der Waals surface area contributed by atoms with Crippen LogP contribution in [0.15, 0.2) is 24.3 Å². The predicted molar refractivity (Wildman–Crippen MR) is 434 cm³/mol. The molecule has 3 rings (SSSR count). The molecule has 3 saturated heterocycles. The summed E-state index contributed by atoms with van der Waals surface area (Å²) in [6, 6.07) is -0.989. The summed E-state index contributed by atoms with van der Waals surface area (Å²) in [7, 11) is 0. The highest BCUT2D eigenvalue weighted by atomic mass is 16.8. The fraction of sp³-hybridized carbons (Fsp3) is 0.944. The molecule has 3 aliphatic heterocycles. The van der Waals surface area contributed by atoms with Crippen molar-refractivity contribution < 1.29 is 89.4 Å². The Morgan fingerprint density at radius 1 is 0.324 bits per heavy atom. The molecule has 1 amide bonds. The third-order valence-electron chi connectivity index (χ3n) is 23.0. The van der Waals surface area contributed by atoms with Gasteiger partial charge in [0.2, 0.25) is 5.91 Å². The molecule has 3 fully saturated rings. The number of aliphatic hydroxyl groups is 11. The summed E-state index contributed by atoms with van der Waals surface area (Å²) in [5.41, 5.74) is 0. The van der Waals surface area contributed by atoms with Crippen molar-refractivity contribution in [2.45, 2.75) is 510 Å². The van der Waals surface area contributed by atoms with Gasteiger partial charge in [-0.15, -0.1) is 0 Å². The molecule has 0 saturated carbocycles. The molecule has 19 heteroatoms. The van der Waals surface area contributed by atoms with Gasteiger partial charge in [-0.3, -0.25) is 4.79 Å². The van der Waals surface area contributed by atoms with E-state index in [2.05, 4.69) is 31.3 Å². The van der Waals surface area contributed by atoms with Gasteiger partial charge in [-0.05, 0) is 32.1 Å². The maximum Gasteiger partial charge on any atom is 0.220 e. The number of allylic oxidation sites excluding steroid dienone is 3. The van der Waals surface area contributed by atoms with Gasteiger partial charge in [0.25, 0.3) is 0 Å². The van der Waals surface area contributed by atoms with Crippen LogP contribution in [0.2, 0.25) is 0 Å². The van der Waals surface area contributed by atoms with Gasteiger partial charge in [0.1, 0.15) is 73.2 Å². The molecule has 0 aromatic rings. The average molecular weight is 1540 g/mol. The predicted octanol–water partition coefficient (Wildman–Crippen LogP) is 17.2. The van der Waals surface area contributed by atoms with E-state index >= 15 is 0 Å². The maximum absolute atomic E-state index is 13.5. The minimum Gasteiger partial charge on any atom is -0.394 e. The molecule has 3 aliphatic rings. The fourth-order valence-corrected chi connectivity index (χ4v) is 15.7. The smallest absolute Gasteiger partial charge is 0.220 e. The minimum atomic E-state index is -1.98. The van der Waals surface area contributed by atoms with Crippen molar-refractivity contribution in [2.75, 3.05) is 26.4 Å². The first-order valence-corrected chi connectivity index (χ1v) is 45.6. The SMILES string of the molecule is CCCCCCCCCCCCCCCCCCCCC/C=C/CC/C=C/C(O)C(COC1OC(CO)C(OC2OC(CO)C(OC3OC(CO)C(O)C(O)C3O)C(O)C2O)C(O)C1O)NC(=O)CCCCCCCCCCCCCCCCCCCCCCCCCCCCCCCCCCCCCCCC. The zero-order valence-electron chi connectivity index (χ0n) is 68.9. The Labute approximate surface area is 658 Å². The molecule has 0 spiro atoms. The second-order valence-electron chi connectivity index (χ2n) is 32.8. The van der Waals surface area contributed by atoms with Crippen LogP contribution in [0.5, 0.6) is 0 Å². The van der Waals surface area contributed by atoms with Crippen LogP contribution in [-0.4, -0.2) is 193 Å². The van der Waals surface area contributed by atoms with Crippen molar-refractivity contribution in [1.29, 1.82) is 0 Å². The van der Waals surface area contributed by atoms with Crippen LogP contribution in [0.1, 0.15) is 406 Å². The first-order valence-electron chi connectivity index (χ1n) is 45.6. The molecular formula is C89H169NO18. The Morgan fingerprint density at radius 2 is 0.593 bits per heavy atom. The number of hydrogen-bond donors (Lipinski definition) is 12. The number of carbonyl (C=O) groups excluding carboxylic acids is 1. The summed E-state index contributed by atoms with van der Waals surface area (Å²) in [6.45, 7) is 1.79. The average Bonchev–Trinajstić information content (AvgIpc) is 0.780. The Kier molecular flexibility index (Phi) is 64.7. The number of unbranched alkanes of at least 4 members (excludes halogenated alkanes) is 57. The van der Waals surface area contributed by atoms with Crippen LogP contribution in [0.4, 0.5) is 0 Å². The first-order chi connectivity index (χ1) is 52.8. The molecule has 108 heavy (non-hydrogen) atoms. The van der Waals surface area contributed by atoms with Crippen LogP contribution < -0.4 is 5.32 Å². The molecular weight excluding hydrogens is 1370 g/mol. The Bertz CT molecular complexity index is 2040. The Morgan fingerprint density at radius 3 is 0.926 bits per heavy atom. The van der Waals surface area contributed by atoms with E-state index in [4.69, 9.17) is 28.4 Å². The van der Waals surface area contributed by atoms with E-state index in [9.17, 15) is 61.0 Å². The molecule has 0 aromatic carbocycles. The number of aliphatic hydroxyl groups excluding tert-OH is 11. The molecule has 19 nitrogen and oxygen atoms in total. The lowest BCUT2D eigenvalue weighted by Gasteiger charge is -2.48. The van der Waals surface area contributed by atoms with Crippen LogP contribution in [0.3, 0.4) is 0 Å². The van der Waals surface area contributed by atoms with Crippen molar-refractivity contribution in [2.24, 2.45) is 0 Å². The van der Waals surface area contributed by atoms with Crippen LogP contribution in [0.25, 0.3) is 0 Å². The summed E-state index contributed by atoms with van der Waals surface area (Å²) in [5.74, 6) is -0.276. The van der Waals surface area contributed by atoms with E-state index in [0.29, 0.717) is 12.8 Å². The molecule has 17 atom stereocenters. The zero-order valence-corrected chi connectivity index (χ0v) is 68.9. The van der Waals surface area contributed by atoms with Gasteiger partial charge in [-0.2, -0.15) is 0 Å². The molecule has 0 aromatic heterocycles. The minimum absolute atomic E-state index is 0.241. The second kappa shape index (κ2) is 69.6. The molecule has 638 valence electrons. The number of hydrogen-bond acceptors (Lipinski definition) is 18. The summed E-state index contributed by atoms with van der Waals surface area (Å²) in [5, 5.41) is 121.